The van der Waals surface area contributed by atoms with Gasteiger partial charge in [0, 0.05) is 0 Å². The Bertz CT molecular complexity index is 775. The third-order valence-electron chi connectivity index (χ3n) is 4.74. The smallest absolute Gasteiger partial charge is 0.0910 e. The SMILES string of the molecule is C[SiH](C=Cc1ccccc1)c1ccc([SiH](C)C=Cc2ccccc2)cc1. The van der Waals surface area contributed by atoms with Crippen molar-refractivity contribution in [1.82, 2.24) is 0 Å². The van der Waals surface area contributed by atoms with E-state index in [9.17, 15) is 0 Å². The summed E-state index contributed by atoms with van der Waals surface area (Å²) in [4.78, 5) is 0. The molecule has 0 aliphatic heterocycles. The highest BCUT2D eigenvalue weighted by molar-refractivity contribution is 6.78. The lowest BCUT2D eigenvalue weighted by Crippen LogP contribution is -2.30. The molecule has 0 nitrogen and oxygen atoms in total. The molecule has 0 amide bonds. The number of hydrogen-bond donors (Lipinski definition) is 0. The van der Waals surface area contributed by atoms with E-state index in [2.05, 4.69) is 122 Å². The number of benzene rings is 3. The van der Waals surface area contributed by atoms with Crippen molar-refractivity contribution in [2.75, 3.05) is 0 Å². The summed E-state index contributed by atoms with van der Waals surface area (Å²) in [6, 6.07) is 30.5. The molecule has 3 aromatic carbocycles. The van der Waals surface area contributed by atoms with E-state index in [1.165, 1.54) is 21.5 Å². The van der Waals surface area contributed by atoms with Gasteiger partial charge in [-0.1, -0.05) is 132 Å². The molecule has 0 N–H and O–H groups in total. The zero-order valence-corrected chi connectivity index (χ0v) is 17.9. The Labute approximate surface area is 160 Å². The van der Waals surface area contributed by atoms with Gasteiger partial charge in [-0.3, -0.25) is 0 Å². The molecule has 0 aliphatic carbocycles. The molecule has 130 valence electrons. The Morgan fingerprint density at radius 3 is 1.19 bits per heavy atom. The van der Waals surface area contributed by atoms with Gasteiger partial charge in [-0.05, 0) is 11.1 Å². The van der Waals surface area contributed by atoms with Gasteiger partial charge >= 0.3 is 0 Å². The van der Waals surface area contributed by atoms with Gasteiger partial charge in [0.25, 0.3) is 0 Å². The first kappa shape index (κ1) is 18.4. The van der Waals surface area contributed by atoms with Gasteiger partial charge in [0.1, 0.15) is 0 Å². The fourth-order valence-corrected chi connectivity index (χ4v) is 6.03. The summed E-state index contributed by atoms with van der Waals surface area (Å²) in [5.74, 6) is 0. The molecule has 0 bridgehead atoms. The van der Waals surface area contributed by atoms with Crippen LogP contribution in [0, 0.1) is 0 Å². The monoisotopic (exact) mass is 370 g/mol. The molecule has 0 saturated carbocycles. The second kappa shape index (κ2) is 9.32. The zero-order valence-electron chi connectivity index (χ0n) is 15.5. The standard InChI is InChI=1S/C24H26Si2/c1-25(19-17-21-9-5-3-6-10-21)23-13-15-24(16-14-23)26(2)20-18-22-11-7-4-8-12-22/h3-20,25-26H,1-2H3. The van der Waals surface area contributed by atoms with E-state index in [-0.39, 0.29) is 0 Å². The zero-order chi connectivity index (χ0) is 18.2. The average molecular weight is 371 g/mol. The van der Waals surface area contributed by atoms with Crippen molar-refractivity contribution in [2.45, 2.75) is 13.1 Å². The van der Waals surface area contributed by atoms with Crippen LogP contribution in [0.4, 0.5) is 0 Å². The lowest BCUT2D eigenvalue weighted by molar-refractivity contribution is 1.66. The second-order valence-electron chi connectivity index (χ2n) is 6.78. The van der Waals surface area contributed by atoms with E-state index in [4.69, 9.17) is 0 Å². The van der Waals surface area contributed by atoms with E-state index in [0.717, 1.165) is 0 Å². The first-order valence-electron chi connectivity index (χ1n) is 9.29. The van der Waals surface area contributed by atoms with Gasteiger partial charge in [-0.2, -0.15) is 0 Å². The van der Waals surface area contributed by atoms with Crippen LogP contribution < -0.4 is 10.4 Å². The maximum atomic E-state index is 2.42. The molecule has 26 heavy (non-hydrogen) atoms. The summed E-state index contributed by atoms with van der Waals surface area (Å²) >= 11 is 0. The van der Waals surface area contributed by atoms with Crippen molar-refractivity contribution in [2.24, 2.45) is 0 Å². The van der Waals surface area contributed by atoms with Crippen molar-refractivity contribution < 1.29 is 0 Å². The van der Waals surface area contributed by atoms with Gasteiger partial charge in [0.05, 0.1) is 17.6 Å². The third kappa shape index (κ3) is 5.28. The highest BCUT2D eigenvalue weighted by atomic mass is 28.3. The first-order chi connectivity index (χ1) is 12.7. The molecule has 0 heterocycles. The Kier molecular flexibility index (Phi) is 6.58. The molecule has 2 atom stereocenters. The molecule has 3 aromatic rings. The lowest BCUT2D eigenvalue weighted by Gasteiger charge is -2.09. The summed E-state index contributed by atoms with van der Waals surface area (Å²) in [6.45, 7) is 4.79. The summed E-state index contributed by atoms with van der Waals surface area (Å²) in [5, 5.41) is 3.02. The molecule has 0 aromatic heterocycles. The van der Waals surface area contributed by atoms with E-state index >= 15 is 0 Å². The van der Waals surface area contributed by atoms with Gasteiger partial charge in [0.15, 0.2) is 0 Å². The van der Waals surface area contributed by atoms with Gasteiger partial charge in [0.2, 0.25) is 0 Å². The maximum Gasteiger partial charge on any atom is 0.0910 e. The summed E-state index contributed by atoms with van der Waals surface area (Å²) < 4.78 is 0. The van der Waals surface area contributed by atoms with Crippen molar-refractivity contribution in [1.29, 1.82) is 0 Å². The number of hydrogen-bond acceptors (Lipinski definition) is 0. The van der Waals surface area contributed by atoms with Crippen molar-refractivity contribution in [3.05, 3.63) is 107 Å². The lowest BCUT2D eigenvalue weighted by atomic mass is 10.2. The predicted octanol–water partition coefficient (Wildman–Crippen LogP) is 4.32. The Morgan fingerprint density at radius 1 is 0.500 bits per heavy atom. The van der Waals surface area contributed by atoms with E-state index in [1.807, 2.05) is 0 Å². The minimum absolute atomic E-state index is 1.03. The van der Waals surface area contributed by atoms with E-state index in [1.54, 1.807) is 0 Å². The topological polar surface area (TPSA) is 0 Å². The third-order valence-corrected chi connectivity index (χ3v) is 9.15. The predicted molar refractivity (Wildman–Crippen MR) is 123 cm³/mol. The highest BCUT2D eigenvalue weighted by Crippen LogP contribution is 2.04. The van der Waals surface area contributed by atoms with Gasteiger partial charge < -0.3 is 0 Å². The molecule has 0 fully saturated rings. The molecule has 0 spiro atoms. The van der Waals surface area contributed by atoms with Crippen LogP contribution in [0.25, 0.3) is 12.2 Å². The van der Waals surface area contributed by atoms with Crippen molar-refractivity contribution in [3.63, 3.8) is 0 Å². The quantitative estimate of drug-likeness (QED) is 0.567. The molecule has 2 heteroatoms. The van der Waals surface area contributed by atoms with Crippen LogP contribution in [0.2, 0.25) is 13.1 Å². The molecule has 2 unspecified atom stereocenters. The van der Waals surface area contributed by atoms with Gasteiger partial charge in [-0.15, -0.1) is 0 Å². The fraction of sp³-hybridized carbons (Fsp3) is 0.0833. The Balaban J connectivity index is 1.64. The van der Waals surface area contributed by atoms with Crippen LogP contribution in [0.3, 0.4) is 0 Å². The Morgan fingerprint density at radius 2 is 0.846 bits per heavy atom. The number of rotatable bonds is 6. The summed E-state index contributed by atoms with van der Waals surface area (Å²) in [7, 11) is -2.06. The molecular weight excluding hydrogens is 344 g/mol. The van der Waals surface area contributed by atoms with Crippen LogP contribution in [-0.4, -0.2) is 17.6 Å². The Hall–Kier alpha value is -2.43. The second-order valence-corrected chi connectivity index (χ2v) is 12.0. The molecule has 3 rings (SSSR count). The van der Waals surface area contributed by atoms with E-state index < -0.39 is 17.6 Å². The van der Waals surface area contributed by atoms with E-state index in [0.29, 0.717) is 0 Å². The van der Waals surface area contributed by atoms with Gasteiger partial charge in [-0.25, -0.2) is 0 Å². The average Bonchev–Trinajstić information content (AvgIpc) is 2.72. The first-order valence-corrected chi connectivity index (χ1v) is 14.1. The maximum absolute atomic E-state index is 2.42. The molecule has 0 saturated heterocycles. The van der Waals surface area contributed by atoms with Crippen LogP contribution in [-0.2, 0) is 0 Å². The van der Waals surface area contributed by atoms with Crippen LogP contribution in [0.15, 0.2) is 96.3 Å². The summed E-state index contributed by atoms with van der Waals surface area (Å²) in [6.07, 6.45) is 4.54. The largest absolute Gasteiger partial charge is 0.0925 e. The fourth-order valence-electron chi connectivity index (χ4n) is 2.96. The van der Waals surface area contributed by atoms with Crippen molar-refractivity contribution >= 4 is 40.1 Å². The van der Waals surface area contributed by atoms with Crippen molar-refractivity contribution in [3.8, 4) is 0 Å². The highest BCUT2D eigenvalue weighted by Gasteiger charge is 2.06. The molecule has 0 aliphatic rings. The normalized spacial score (nSPS) is 13.9. The molecule has 0 radical (unpaired) electrons. The van der Waals surface area contributed by atoms with Crippen LogP contribution in [0.1, 0.15) is 11.1 Å². The van der Waals surface area contributed by atoms with Crippen LogP contribution in [0.5, 0.6) is 0 Å². The summed E-state index contributed by atoms with van der Waals surface area (Å²) in [5.41, 5.74) is 7.41. The minimum atomic E-state index is -1.03. The van der Waals surface area contributed by atoms with Crippen LogP contribution >= 0.6 is 0 Å². The molecular formula is C24H26Si2. The minimum Gasteiger partial charge on any atom is -0.0925 e.